The third-order valence-electron chi connectivity index (χ3n) is 8.81. The zero-order valence-corrected chi connectivity index (χ0v) is 32.6. The number of hydrogen-bond acceptors (Lipinski definition) is 4. The molecule has 0 bridgehead atoms. The Morgan fingerprint density at radius 2 is 1.50 bits per heavy atom. The van der Waals surface area contributed by atoms with Crippen molar-refractivity contribution in [3.8, 4) is 33.6 Å². The Kier molecular flexibility index (Phi) is 9.47. The predicted molar refractivity (Wildman–Crippen MR) is 207 cm³/mol. The van der Waals surface area contributed by atoms with Gasteiger partial charge in [-0.05, 0) is 90.1 Å². The van der Waals surface area contributed by atoms with Gasteiger partial charge in [0.1, 0.15) is 5.58 Å². The zero-order valence-electron chi connectivity index (χ0n) is 31.4. The summed E-state index contributed by atoms with van der Waals surface area (Å²) in [5.41, 5.74) is 10.4. The van der Waals surface area contributed by atoms with E-state index in [-0.39, 0.29) is 20.1 Å². The normalized spacial score (nSPS) is 12.3. The Balaban J connectivity index is 0.000000302. The van der Waals surface area contributed by atoms with Gasteiger partial charge in [-0.25, -0.2) is 0 Å². The van der Waals surface area contributed by atoms with Crippen LogP contribution in [0.5, 0.6) is 0 Å². The van der Waals surface area contributed by atoms with Crippen molar-refractivity contribution >= 4 is 43.4 Å². The largest absolute Gasteiger partial charge is 0.499 e. The standard InChI is InChI=1S/C34H32NOS.C11H8N.Ir/c1-19-10-8-11-20(2)30(19)28-18-35-29(16-23(28)17-34(5,6)7)27-13-9-12-25-26-15-14-24-21(3)22(4)37-33(24)32(26)36-31(25)27;1-2-6-10(7-3-1)11-8-4-5-9-12-11;/h8-12,14-16,18H,17H2,1-7H3;1-6,8-9H;/q2*-1;/i17D2;;. The maximum absolute atomic E-state index is 9.28. The van der Waals surface area contributed by atoms with E-state index in [1.54, 1.807) is 17.5 Å². The molecule has 4 aromatic heterocycles. The first kappa shape index (κ1) is 32.8. The van der Waals surface area contributed by atoms with Crippen LogP contribution in [0.3, 0.4) is 0 Å². The van der Waals surface area contributed by atoms with Crippen molar-refractivity contribution in [1.29, 1.82) is 0 Å². The minimum Gasteiger partial charge on any atom is -0.499 e. The number of benzene rings is 4. The van der Waals surface area contributed by atoms with Crippen LogP contribution in [0.2, 0.25) is 0 Å². The average Bonchev–Trinajstić information content (AvgIpc) is 3.65. The molecule has 0 amide bonds. The molecule has 0 saturated carbocycles. The third-order valence-corrected chi connectivity index (χ3v) is 10.0. The van der Waals surface area contributed by atoms with Crippen molar-refractivity contribution in [2.75, 3.05) is 0 Å². The molecule has 253 valence electrons. The molecule has 50 heavy (non-hydrogen) atoms. The molecule has 4 heterocycles. The van der Waals surface area contributed by atoms with Crippen molar-refractivity contribution in [3.63, 3.8) is 0 Å². The molecule has 0 spiro atoms. The first-order valence-electron chi connectivity index (χ1n) is 17.6. The van der Waals surface area contributed by atoms with Crippen LogP contribution < -0.4 is 0 Å². The summed E-state index contributed by atoms with van der Waals surface area (Å²) >= 11 is 1.77. The second-order valence-electron chi connectivity index (χ2n) is 13.5. The van der Waals surface area contributed by atoms with Crippen LogP contribution in [0.4, 0.5) is 0 Å². The number of aromatic nitrogens is 2. The van der Waals surface area contributed by atoms with Gasteiger partial charge in [0.2, 0.25) is 0 Å². The van der Waals surface area contributed by atoms with Gasteiger partial charge in [-0.1, -0.05) is 80.3 Å². The maximum atomic E-state index is 9.28. The van der Waals surface area contributed by atoms with Crippen LogP contribution in [0.15, 0.2) is 108 Å². The minimum atomic E-state index is -1.62. The molecule has 0 aliphatic heterocycles. The fraction of sp³-hybridized carbons (Fsp3) is 0.200. The fourth-order valence-electron chi connectivity index (χ4n) is 6.40. The summed E-state index contributed by atoms with van der Waals surface area (Å²) < 4.78 is 26.3. The number of hydrogen-bond donors (Lipinski definition) is 0. The van der Waals surface area contributed by atoms with E-state index in [4.69, 9.17) is 9.40 Å². The fourth-order valence-corrected chi connectivity index (χ4v) is 7.54. The SMILES string of the molecule is [2H]C([2H])(c1cc(-c2[c-]ccc3c2oc2c3ccc3c(C)c(C)sc32)ncc1-c1c(C)cccc1C)C(C)(C)C.[Ir].[c-]1ccccc1-c1ccccn1. The van der Waals surface area contributed by atoms with E-state index < -0.39 is 11.8 Å². The van der Waals surface area contributed by atoms with Crippen molar-refractivity contribution in [3.05, 3.63) is 143 Å². The van der Waals surface area contributed by atoms with Crippen molar-refractivity contribution in [1.82, 2.24) is 9.97 Å². The predicted octanol–water partition coefficient (Wildman–Crippen LogP) is 12.7. The van der Waals surface area contributed by atoms with Gasteiger partial charge in [0, 0.05) is 51.1 Å². The summed E-state index contributed by atoms with van der Waals surface area (Å²) in [7, 11) is 0. The summed E-state index contributed by atoms with van der Waals surface area (Å²) in [5.74, 6) is 0. The van der Waals surface area contributed by atoms with Crippen molar-refractivity contribution in [2.45, 2.75) is 54.8 Å². The summed E-state index contributed by atoms with van der Waals surface area (Å²) in [6, 6.07) is 36.6. The van der Waals surface area contributed by atoms with Gasteiger partial charge in [-0.2, -0.15) is 0 Å². The Morgan fingerprint density at radius 3 is 2.20 bits per heavy atom. The smallest absolute Gasteiger partial charge is 0.138 e. The van der Waals surface area contributed by atoms with E-state index in [2.05, 4.69) is 69.1 Å². The van der Waals surface area contributed by atoms with Crippen LogP contribution in [0.1, 0.15) is 50.6 Å². The van der Waals surface area contributed by atoms with E-state index in [1.807, 2.05) is 93.7 Å². The molecule has 1 radical (unpaired) electrons. The van der Waals surface area contributed by atoms with E-state index in [0.717, 1.165) is 65.7 Å². The Labute approximate surface area is 315 Å². The van der Waals surface area contributed by atoms with Gasteiger partial charge in [-0.3, -0.25) is 0 Å². The summed E-state index contributed by atoms with van der Waals surface area (Å²) in [5, 5.41) is 3.32. The number of thiophene rings is 1. The summed E-state index contributed by atoms with van der Waals surface area (Å²) in [4.78, 5) is 10.4. The number of furan rings is 1. The topological polar surface area (TPSA) is 38.9 Å². The zero-order chi connectivity index (χ0) is 36.1. The summed E-state index contributed by atoms with van der Waals surface area (Å²) in [6.45, 7) is 14.3. The maximum Gasteiger partial charge on any atom is 0.138 e. The second kappa shape index (κ2) is 14.4. The van der Waals surface area contributed by atoms with E-state index >= 15 is 0 Å². The molecule has 0 fully saturated rings. The average molecular weight is 851 g/mol. The number of pyridine rings is 2. The molecule has 5 heteroatoms. The molecule has 3 nitrogen and oxygen atoms in total. The van der Waals surface area contributed by atoms with Crippen molar-refractivity contribution < 1.29 is 27.3 Å². The number of rotatable bonds is 4. The Bertz CT molecular complexity index is 2480. The monoisotopic (exact) mass is 851 g/mol. The molecule has 0 unspecified atom stereocenters. The number of aryl methyl sites for hydroxylation is 4. The molecule has 4 aromatic carbocycles. The molecular formula is C45H40IrN2OS-2. The van der Waals surface area contributed by atoms with Crippen LogP contribution >= 0.6 is 11.3 Å². The van der Waals surface area contributed by atoms with E-state index in [1.165, 1.54) is 15.8 Å². The quantitative estimate of drug-likeness (QED) is 0.166. The molecule has 0 atom stereocenters. The molecule has 8 rings (SSSR count). The Morgan fingerprint density at radius 1 is 0.760 bits per heavy atom. The van der Waals surface area contributed by atoms with Crippen molar-refractivity contribution in [2.24, 2.45) is 5.41 Å². The molecule has 0 aliphatic rings. The molecule has 0 aliphatic carbocycles. The van der Waals surface area contributed by atoms with Gasteiger partial charge in [0.15, 0.2) is 0 Å². The van der Waals surface area contributed by atoms with Crippen LogP contribution in [-0.4, -0.2) is 9.97 Å². The number of fused-ring (bicyclic) bond motifs is 5. The molecule has 0 saturated heterocycles. The van der Waals surface area contributed by atoms with Crippen LogP contribution in [0, 0.1) is 45.2 Å². The first-order valence-corrected chi connectivity index (χ1v) is 17.4. The van der Waals surface area contributed by atoms with Gasteiger partial charge in [-0.15, -0.1) is 65.4 Å². The minimum absolute atomic E-state index is 0. The van der Waals surface area contributed by atoms with E-state index in [9.17, 15) is 2.74 Å². The molecule has 0 N–H and O–H groups in total. The Hall–Kier alpha value is -4.41. The van der Waals surface area contributed by atoms with Crippen LogP contribution in [0.25, 0.3) is 65.7 Å². The third kappa shape index (κ3) is 6.96. The van der Waals surface area contributed by atoms with Crippen LogP contribution in [-0.2, 0) is 26.5 Å². The van der Waals surface area contributed by atoms with Gasteiger partial charge in [0.05, 0.1) is 10.3 Å². The number of nitrogens with zero attached hydrogens (tertiary/aromatic N) is 2. The first-order chi connectivity index (χ1) is 24.4. The molecular weight excluding hydrogens is 809 g/mol. The van der Waals surface area contributed by atoms with Gasteiger partial charge >= 0.3 is 0 Å². The van der Waals surface area contributed by atoms with Gasteiger partial charge < -0.3 is 14.4 Å². The van der Waals surface area contributed by atoms with Gasteiger partial charge in [0.25, 0.3) is 0 Å². The summed E-state index contributed by atoms with van der Waals surface area (Å²) in [6.07, 6.45) is 2.01. The molecule has 8 aromatic rings. The second-order valence-corrected chi connectivity index (χ2v) is 14.8. The van der Waals surface area contributed by atoms with E-state index in [0.29, 0.717) is 11.3 Å².